The van der Waals surface area contributed by atoms with Crippen LogP contribution in [0.1, 0.15) is 18.4 Å². The van der Waals surface area contributed by atoms with Crippen LogP contribution in [-0.2, 0) is 25.7 Å². The molecule has 27 heavy (non-hydrogen) atoms. The Kier molecular flexibility index (Phi) is 10.1. The van der Waals surface area contributed by atoms with E-state index >= 15 is 0 Å². The molecule has 2 amide bonds. The van der Waals surface area contributed by atoms with Crippen LogP contribution >= 0.6 is 15.9 Å². The summed E-state index contributed by atoms with van der Waals surface area (Å²) in [5, 5.41) is 14.7. The molecule has 0 aliphatic carbocycles. The molecule has 0 fully saturated rings. The number of esters is 1. The van der Waals surface area contributed by atoms with E-state index in [9.17, 15) is 19.5 Å². The number of hydrogen-bond donors (Lipinski definition) is 3. The number of halogens is 1. The molecular formula is C18H23BrN2O6. The number of carbonyl (C=O) groups is 3. The van der Waals surface area contributed by atoms with E-state index < -0.39 is 30.1 Å². The Morgan fingerprint density at radius 2 is 1.89 bits per heavy atom. The fraction of sp³-hybridized carbons (Fsp3) is 0.389. The Morgan fingerprint density at radius 3 is 2.48 bits per heavy atom. The highest BCUT2D eigenvalue weighted by Gasteiger charge is 2.23. The maximum absolute atomic E-state index is 12.0. The van der Waals surface area contributed by atoms with Gasteiger partial charge in [0.15, 0.2) is 0 Å². The number of ether oxygens (including phenoxy) is 2. The Labute approximate surface area is 166 Å². The van der Waals surface area contributed by atoms with E-state index in [0.717, 1.165) is 5.56 Å². The highest BCUT2D eigenvalue weighted by Crippen LogP contribution is 2.11. The SMILES string of the molecule is C=C(Br)C[C@H](NC(=O)C[C@@H](O)CNC(=O)OCc1ccccc1)C(=O)OC. The van der Waals surface area contributed by atoms with E-state index in [0.29, 0.717) is 4.48 Å². The molecule has 0 unspecified atom stereocenters. The van der Waals surface area contributed by atoms with Crippen molar-refractivity contribution in [2.75, 3.05) is 13.7 Å². The largest absolute Gasteiger partial charge is 0.467 e. The van der Waals surface area contributed by atoms with Crippen molar-refractivity contribution in [3.63, 3.8) is 0 Å². The van der Waals surface area contributed by atoms with E-state index in [1.54, 1.807) is 0 Å². The molecule has 0 radical (unpaired) electrons. The number of hydrogen-bond acceptors (Lipinski definition) is 6. The molecule has 0 saturated carbocycles. The zero-order valence-electron chi connectivity index (χ0n) is 14.9. The van der Waals surface area contributed by atoms with Crippen molar-refractivity contribution in [1.82, 2.24) is 10.6 Å². The van der Waals surface area contributed by atoms with Crippen molar-refractivity contribution in [1.29, 1.82) is 0 Å². The number of alkyl carbamates (subject to hydrolysis) is 1. The van der Waals surface area contributed by atoms with Crippen LogP contribution in [0.3, 0.4) is 0 Å². The predicted molar refractivity (Wildman–Crippen MR) is 102 cm³/mol. The molecule has 1 aromatic rings. The molecule has 1 rings (SSSR count). The molecule has 0 spiro atoms. The van der Waals surface area contributed by atoms with Gasteiger partial charge < -0.3 is 25.2 Å². The molecule has 0 aliphatic heterocycles. The fourth-order valence-corrected chi connectivity index (χ4v) is 2.40. The van der Waals surface area contributed by atoms with Gasteiger partial charge in [-0.1, -0.05) is 52.8 Å². The molecule has 1 aromatic carbocycles. The standard InChI is InChI=1S/C18H23BrN2O6/c1-12(19)8-15(17(24)26-2)21-16(23)9-14(22)10-20-18(25)27-11-13-6-4-3-5-7-13/h3-7,14-15,22H,1,8-11H2,2H3,(H,20,25)(H,21,23)/t14-,15+/m1/s1. The lowest BCUT2D eigenvalue weighted by Gasteiger charge is -2.17. The zero-order chi connectivity index (χ0) is 20.2. The molecule has 0 saturated heterocycles. The summed E-state index contributed by atoms with van der Waals surface area (Å²) < 4.78 is 10.1. The lowest BCUT2D eigenvalue weighted by Crippen LogP contribution is -2.43. The first-order valence-electron chi connectivity index (χ1n) is 8.15. The molecule has 0 bridgehead atoms. The smallest absolute Gasteiger partial charge is 0.407 e. The second kappa shape index (κ2) is 12.1. The van der Waals surface area contributed by atoms with Crippen molar-refractivity contribution in [2.45, 2.75) is 31.6 Å². The van der Waals surface area contributed by atoms with E-state index in [2.05, 4.69) is 37.9 Å². The van der Waals surface area contributed by atoms with Crippen LogP contribution in [0.5, 0.6) is 0 Å². The highest BCUT2D eigenvalue weighted by atomic mass is 79.9. The second-order valence-electron chi connectivity index (χ2n) is 5.67. The molecule has 3 N–H and O–H groups in total. The van der Waals surface area contributed by atoms with Gasteiger partial charge in [-0.05, 0) is 10.0 Å². The first-order valence-corrected chi connectivity index (χ1v) is 8.94. The van der Waals surface area contributed by atoms with Crippen molar-refractivity contribution >= 4 is 33.9 Å². The molecule has 0 aromatic heterocycles. The maximum Gasteiger partial charge on any atom is 0.407 e. The second-order valence-corrected chi connectivity index (χ2v) is 6.79. The number of amides is 2. The number of benzene rings is 1. The Morgan fingerprint density at radius 1 is 1.22 bits per heavy atom. The monoisotopic (exact) mass is 442 g/mol. The minimum absolute atomic E-state index is 0.0977. The summed E-state index contributed by atoms with van der Waals surface area (Å²) in [5.41, 5.74) is 0.829. The number of aliphatic hydroxyl groups is 1. The highest BCUT2D eigenvalue weighted by molar-refractivity contribution is 9.11. The molecule has 2 atom stereocenters. The summed E-state index contributed by atoms with van der Waals surface area (Å²) >= 11 is 3.12. The van der Waals surface area contributed by atoms with E-state index in [-0.39, 0.29) is 26.0 Å². The summed E-state index contributed by atoms with van der Waals surface area (Å²) in [7, 11) is 1.21. The first-order chi connectivity index (χ1) is 12.8. The Bertz CT molecular complexity index is 653. The summed E-state index contributed by atoms with van der Waals surface area (Å²) in [5.74, 6) is -1.19. The van der Waals surface area contributed by atoms with E-state index in [4.69, 9.17) is 4.74 Å². The van der Waals surface area contributed by atoms with Gasteiger partial charge in [0.25, 0.3) is 0 Å². The third-order valence-corrected chi connectivity index (χ3v) is 3.69. The van der Waals surface area contributed by atoms with Gasteiger partial charge >= 0.3 is 12.1 Å². The Hall–Kier alpha value is -2.39. The van der Waals surface area contributed by atoms with Gasteiger partial charge in [-0.15, -0.1) is 0 Å². The third kappa shape index (κ3) is 9.76. The Balaban J connectivity index is 2.34. The minimum Gasteiger partial charge on any atom is -0.467 e. The summed E-state index contributed by atoms with van der Waals surface area (Å²) in [6.45, 7) is 3.54. The third-order valence-electron chi connectivity index (χ3n) is 3.36. The van der Waals surface area contributed by atoms with E-state index in [1.165, 1.54) is 7.11 Å². The van der Waals surface area contributed by atoms with Gasteiger partial charge in [0.1, 0.15) is 12.6 Å². The van der Waals surface area contributed by atoms with Gasteiger partial charge in [-0.2, -0.15) is 0 Å². The zero-order valence-corrected chi connectivity index (χ0v) is 16.5. The van der Waals surface area contributed by atoms with Gasteiger partial charge in [-0.25, -0.2) is 9.59 Å². The van der Waals surface area contributed by atoms with Gasteiger partial charge in [0.05, 0.1) is 19.6 Å². The summed E-state index contributed by atoms with van der Waals surface area (Å²) in [6, 6.07) is 8.21. The molecule has 8 nitrogen and oxygen atoms in total. The van der Waals surface area contributed by atoms with E-state index in [1.807, 2.05) is 30.3 Å². The molecule has 0 heterocycles. The van der Waals surface area contributed by atoms with Crippen LogP contribution in [0.15, 0.2) is 41.4 Å². The lowest BCUT2D eigenvalue weighted by atomic mass is 10.1. The quantitative estimate of drug-likeness (QED) is 0.474. The fourth-order valence-electron chi connectivity index (χ4n) is 2.07. The lowest BCUT2D eigenvalue weighted by molar-refractivity contribution is -0.145. The van der Waals surface area contributed by atoms with Crippen molar-refractivity contribution < 1.29 is 29.0 Å². The average Bonchev–Trinajstić information content (AvgIpc) is 2.63. The number of nitrogens with one attached hydrogen (secondary N) is 2. The maximum atomic E-state index is 12.0. The minimum atomic E-state index is -1.14. The van der Waals surface area contributed by atoms with Crippen LogP contribution in [-0.4, -0.2) is 48.9 Å². The van der Waals surface area contributed by atoms with Crippen LogP contribution < -0.4 is 10.6 Å². The van der Waals surface area contributed by atoms with Gasteiger partial charge in [0.2, 0.25) is 5.91 Å². The topological polar surface area (TPSA) is 114 Å². The molecule has 0 aliphatic rings. The van der Waals surface area contributed by atoms with Crippen molar-refractivity contribution in [3.8, 4) is 0 Å². The molecule has 9 heteroatoms. The normalized spacial score (nSPS) is 12.4. The van der Waals surface area contributed by atoms with Gasteiger partial charge in [-0.3, -0.25) is 4.79 Å². The number of aliphatic hydroxyl groups excluding tert-OH is 1. The van der Waals surface area contributed by atoms with Crippen LogP contribution in [0.25, 0.3) is 0 Å². The van der Waals surface area contributed by atoms with Crippen molar-refractivity contribution in [3.05, 3.63) is 47.0 Å². The average molecular weight is 443 g/mol. The van der Waals surface area contributed by atoms with Gasteiger partial charge in [0, 0.05) is 13.0 Å². The number of methoxy groups -OCH3 is 1. The van der Waals surface area contributed by atoms with Crippen LogP contribution in [0.2, 0.25) is 0 Å². The summed E-state index contributed by atoms with van der Waals surface area (Å²) in [6.07, 6.45) is -2.00. The van der Waals surface area contributed by atoms with Crippen LogP contribution in [0.4, 0.5) is 4.79 Å². The first kappa shape index (κ1) is 22.7. The number of carbonyl (C=O) groups excluding carboxylic acids is 3. The number of rotatable bonds is 10. The molecular weight excluding hydrogens is 420 g/mol. The summed E-state index contributed by atoms with van der Waals surface area (Å²) in [4.78, 5) is 35.2. The molecule has 148 valence electrons. The van der Waals surface area contributed by atoms with Crippen molar-refractivity contribution in [2.24, 2.45) is 0 Å². The van der Waals surface area contributed by atoms with Crippen LogP contribution in [0, 0.1) is 0 Å². The predicted octanol–water partition coefficient (Wildman–Crippen LogP) is 1.62.